The Morgan fingerprint density at radius 3 is 1.08 bits per heavy atom. The molecule has 0 saturated heterocycles. The number of amides is 1. The zero-order chi connectivity index (χ0) is 47.9. The summed E-state index contributed by atoms with van der Waals surface area (Å²) in [5, 5.41) is 23.2. The Bertz CT molecular complexity index is 1030. The van der Waals surface area contributed by atoms with Gasteiger partial charge in [-0.1, -0.05) is 269 Å². The molecule has 2 atom stereocenters. The van der Waals surface area contributed by atoms with E-state index in [1.54, 1.807) is 6.08 Å². The molecule has 3 N–H and O–H groups in total. The molecule has 0 aliphatic rings. The minimum Gasteiger partial charge on any atom is -0.466 e. The van der Waals surface area contributed by atoms with Gasteiger partial charge < -0.3 is 20.3 Å². The van der Waals surface area contributed by atoms with Crippen molar-refractivity contribution < 1.29 is 24.5 Å². The van der Waals surface area contributed by atoms with Gasteiger partial charge in [0.15, 0.2) is 0 Å². The lowest BCUT2D eigenvalue weighted by atomic mass is 10.0. The van der Waals surface area contributed by atoms with Crippen molar-refractivity contribution in [3.8, 4) is 0 Å². The first-order chi connectivity index (χ1) is 32.5. The summed E-state index contributed by atoms with van der Waals surface area (Å²) in [7, 11) is 0. The summed E-state index contributed by atoms with van der Waals surface area (Å²) in [6.45, 7) is 4.87. The minimum atomic E-state index is -0.861. The summed E-state index contributed by atoms with van der Waals surface area (Å²) in [5.74, 6) is -0.112. The van der Waals surface area contributed by atoms with E-state index in [0.29, 0.717) is 19.4 Å². The van der Waals surface area contributed by atoms with Gasteiger partial charge in [0.05, 0.1) is 25.4 Å². The van der Waals surface area contributed by atoms with E-state index >= 15 is 0 Å². The predicted molar refractivity (Wildman–Crippen MR) is 287 cm³/mol. The fourth-order valence-electron chi connectivity index (χ4n) is 9.16. The standard InChI is InChI=1S/C60H115NO5/c1-3-5-7-9-11-13-15-17-19-20-21-22-23-24-25-26-27-28-32-36-40-44-48-52-58(63)57(56-62)61-59(64)53-49-45-41-37-33-30-31-35-39-43-47-51-55-66-60(65)54-50-46-42-38-34-29-18-16-14-12-10-8-6-4-2/h31,35,48,52,57-58,62-63H,3-30,32-34,36-47,49-51,53-56H2,1-2H3,(H,61,64)/b35-31-,52-48+. The molecule has 1 amide bonds. The van der Waals surface area contributed by atoms with Crippen LogP contribution in [0.25, 0.3) is 0 Å². The Kier molecular flexibility index (Phi) is 54.5. The van der Waals surface area contributed by atoms with Crippen molar-refractivity contribution in [2.24, 2.45) is 0 Å². The first kappa shape index (κ1) is 64.3. The molecular weight excluding hydrogens is 815 g/mol. The van der Waals surface area contributed by atoms with E-state index in [1.165, 1.54) is 218 Å². The molecule has 0 radical (unpaired) electrons. The van der Waals surface area contributed by atoms with Gasteiger partial charge in [-0.2, -0.15) is 0 Å². The number of aliphatic hydroxyl groups excluding tert-OH is 2. The van der Waals surface area contributed by atoms with Crippen LogP contribution in [0, 0.1) is 0 Å². The van der Waals surface area contributed by atoms with Crippen molar-refractivity contribution >= 4 is 11.9 Å². The van der Waals surface area contributed by atoms with Crippen molar-refractivity contribution in [2.75, 3.05) is 13.2 Å². The molecule has 390 valence electrons. The quantitative estimate of drug-likeness (QED) is 0.0321. The third-order valence-electron chi connectivity index (χ3n) is 13.7. The summed E-state index contributed by atoms with van der Waals surface area (Å²) in [4.78, 5) is 24.5. The molecule has 0 aromatic heterocycles. The predicted octanol–water partition coefficient (Wildman–Crippen LogP) is 18.2. The van der Waals surface area contributed by atoms with Crippen LogP contribution in [-0.2, 0) is 14.3 Å². The van der Waals surface area contributed by atoms with Gasteiger partial charge >= 0.3 is 5.97 Å². The molecule has 0 spiro atoms. The number of ether oxygens (including phenoxy) is 1. The van der Waals surface area contributed by atoms with Gasteiger partial charge in [0.2, 0.25) is 5.91 Å². The molecule has 0 rings (SSSR count). The minimum absolute atomic E-state index is 0.0215. The Balaban J connectivity index is 3.52. The second-order valence-corrected chi connectivity index (χ2v) is 20.3. The molecule has 0 aliphatic heterocycles. The molecule has 66 heavy (non-hydrogen) atoms. The van der Waals surface area contributed by atoms with Crippen LogP contribution in [0.4, 0.5) is 0 Å². The number of esters is 1. The monoisotopic (exact) mass is 930 g/mol. The lowest BCUT2D eigenvalue weighted by Gasteiger charge is -2.20. The van der Waals surface area contributed by atoms with E-state index in [9.17, 15) is 19.8 Å². The zero-order valence-electron chi connectivity index (χ0n) is 44.4. The number of carbonyl (C=O) groups excluding carboxylic acids is 2. The van der Waals surface area contributed by atoms with Crippen molar-refractivity contribution in [1.29, 1.82) is 0 Å². The lowest BCUT2D eigenvalue weighted by molar-refractivity contribution is -0.143. The van der Waals surface area contributed by atoms with Gasteiger partial charge in [-0.25, -0.2) is 0 Å². The highest BCUT2D eigenvalue weighted by Crippen LogP contribution is 2.17. The molecule has 6 heteroatoms. The summed E-state index contributed by atoms with van der Waals surface area (Å²) >= 11 is 0. The normalized spacial score (nSPS) is 12.7. The lowest BCUT2D eigenvalue weighted by Crippen LogP contribution is -2.45. The van der Waals surface area contributed by atoms with Crippen molar-refractivity contribution in [1.82, 2.24) is 5.32 Å². The van der Waals surface area contributed by atoms with Crippen LogP contribution in [0.3, 0.4) is 0 Å². The molecule has 0 fully saturated rings. The molecule has 0 bridgehead atoms. The molecule has 0 aromatic rings. The van der Waals surface area contributed by atoms with E-state index < -0.39 is 12.1 Å². The fraction of sp³-hybridized carbons (Fsp3) is 0.900. The highest BCUT2D eigenvalue weighted by Gasteiger charge is 2.18. The summed E-state index contributed by atoms with van der Waals surface area (Å²) < 4.78 is 5.45. The maximum absolute atomic E-state index is 12.5. The van der Waals surface area contributed by atoms with E-state index in [4.69, 9.17) is 4.74 Å². The molecular formula is C60H115NO5. The number of nitrogens with one attached hydrogen (secondary N) is 1. The number of allylic oxidation sites excluding steroid dienone is 3. The largest absolute Gasteiger partial charge is 0.466 e. The maximum atomic E-state index is 12.5. The SMILES string of the molecule is CCCCCCCCCCCCCCCCCCCCCCC/C=C/C(O)C(CO)NC(=O)CCCCCCC/C=C\CCCCCOC(=O)CCCCCCCCCCCCCCCC. The number of hydrogen-bond acceptors (Lipinski definition) is 5. The second-order valence-electron chi connectivity index (χ2n) is 20.3. The molecule has 0 saturated carbocycles. The Labute approximate surface area is 411 Å². The van der Waals surface area contributed by atoms with Crippen LogP contribution in [-0.4, -0.2) is 47.4 Å². The third kappa shape index (κ3) is 51.7. The zero-order valence-corrected chi connectivity index (χ0v) is 44.4. The topological polar surface area (TPSA) is 95.9 Å². The maximum Gasteiger partial charge on any atom is 0.305 e. The number of unbranched alkanes of at least 4 members (excludes halogenated alkanes) is 42. The molecule has 2 unspecified atom stereocenters. The van der Waals surface area contributed by atoms with Crippen LogP contribution in [0.15, 0.2) is 24.3 Å². The summed E-state index contributed by atoms with van der Waals surface area (Å²) in [6.07, 6.45) is 67.8. The van der Waals surface area contributed by atoms with Gasteiger partial charge in [0, 0.05) is 12.8 Å². The molecule has 0 aliphatic carbocycles. The van der Waals surface area contributed by atoms with Gasteiger partial charge in [-0.15, -0.1) is 0 Å². The first-order valence-corrected chi connectivity index (χ1v) is 29.6. The molecule has 0 heterocycles. The first-order valence-electron chi connectivity index (χ1n) is 29.6. The average Bonchev–Trinajstić information content (AvgIpc) is 3.32. The smallest absolute Gasteiger partial charge is 0.305 e. The van der Waals surface area contributed by atoms with Gasteiger partial charge in [-0.3, -0.25) is 9.59 Å². The van der Waals surface area contributed by atoms with Gasteiger partial charge in [-0.05, 0) is 64.2 Å². The van der Waals surface area contributed by atoms with E-state index in [-0.39, 0.29) is 18.5 Å². The van der Waals surface area contributed by atoms with Crippen molar-refractivity contribution in [3.63, 3.8) is 0 Å². The fourth-order valence-corrected chi connectivity index (χ4v) is 9.16. The average molecular weight is 931 g/mol. The van der Waals surface area contributed by atoms with Gasteiger partial charge in [0.1, 0.15) is 0 Å². The van der Waals surface area contributed by atoms with Gasteiger partial charge in [0.25, 0.3) is 0 Å². The Morgan fingerprint density at radius 2 is 0.712 bits per heavy atom. The van der Waals surface area contributed by atoms with Crippen LogP contribution in [0.5, 0.6) is 0 Å². The number of carbonyl (C=O) groups is 2. The second kappa shape index (κ2) is 55.9. The molecule has 0 aromatic carbocycles. The highest BCUT2D eigenvalue weighted by molar-refractivity contribution is 5.76. The van der Waals surface area contributed by atoms with Crippen LogP contribution in [0.1, 0.15) is 322 Å². The number of hydrogen-bond donors (Lipinski definition) is 3. The van der Waals surface area contributed by atoms with Crippen LogP contribution >= 0.6 is 0 Å². The van der Waals surface area contributed by atoms with Crippen LogP contribution < -0.4 is 5.32 Å². The summed E-state index contributed by atoms with van der Waals surface area (Å²) in [6, 6.07) is -0.647. The highest BCUT2D eigenvalue weighted by atomic mass is 16.5. The summed E-state index contributed by atoms with van der Waals surface area (Å²) in [5.41, 5.74) is 0. The third-order valence-corrected chi connectivity index (χ3v) is 13.7. The van der Waals surface area contributed by atoms with E-state index in [1.807, 2.05) is 6.08 Å². The number of aliphatic hydroxyl groups is 2. The van der Waals surface area contributed by atoms with Crippen molar-refractivity contribution in [3.05, 3.63) is 24.3 Å². The van der Waals surface area contributed by atoms with E-state index in [0.717, 1.165) is 77.0 Å². The van der Waals surface area contributed by atoms with Crippen LogP contribution in [0.2, 0.25) is 0 Å². The Morgan fingerprint density at radius 1 is 0.409 bits per heavy atom. The van der Waals surface area contributed by atoms with E-state index in [2.05, 4.69) is 31.3 Å². The molecule has 6 nitrogen and oxygen atoms in total. The number of rotatable bonds is 55. The Hall–Kier alpha value is -1.66. The van der Waals surface area contributed by atoms with Crippen molar-refractivity contribution in [2.45, 2.75) is 334 Å².